The van der Waals surface area contributed by atoms with Crippen molar-refractivity contribution in [1.82, 2.24) is 0 Å². The third-order valence-electron chi connectivity index (χ3n) is 2.67. The van der Waals surface area contributed by atoms with Crippen molar-refractivity contribution in [2.45, 2.75) is 6.10 Å². The number of rotatable bonds is 3. The van der Waals surface area contributed by atoms with Crippen LogP contribution < -0.4 is 4.74 Å². The van der Waals surface area contributed by atoms with Crippen molar-refractivity contribution in [3.8, 4) is 5.75 Å². The first-order valence-electron chi connectivity index (χ1n) is 5.39. The van der Waals surface area contributed by atoms with Crippen LogP contribution in [0, 0.1) is 0 Å². The van der Waals surface area contributed by atoms with Crippen LogP contribution in [0.1, 0.15) is 17.2 Å². The van der Waals surface area contributed by atoms with Gasteiger partial charge in [-0.25, -0.2) is 0 Å². The second-order valence-corrected chi connectivity index (χ2v) is 5.19. The van der Waals surface area contributed by atoms with Crippen molar-refractivity contribution in [3.05, 3.63) is 63.1 Å². The number of methoxy groups -OCH3 is 1. The van der Waals surface area contributed by atoms with Gasteiger partial charge in [0.05, 0.1) is 7.11 Å². The van der Waals surface area contributed by atoms with Crippen LogP contribution in [0.3, 0.4) is 0 Å². The molecule has 0 unspecified atom stereocenters. The highest BCUT2D eigenvalue weighted by Crippen LogP contribution is 2.32. The lowest BCUT2D eigenvalue weighted by molar-refractivity contribution is 0.214. The lowest BCUT2D eigenvalue weighted by atomic mass is 10.0. The fourth-order valence-corrected chi connectivity index (χ4v) is 2.19. The summed E-state index contributed by atoms with van der Waals surface area (Å²) in [6, 6.07) is 12.7. The fourth-order valence-electron chi connectivity index (χ4n) is 1.74. The number of hydrogen-bond acceptors (Lipinski definition) is 2. The number of benzene rings is 2. The lowest BCUT2D eigenvalue weighted by Gasteiger charge is -2.15. The highest BCUT2D eigenvalue weighted by Gasteiger charge is 2.15. The summed E-state index contributed by atoms with van der Waals surface area (Å²) < 4.78 is 6.21. The monoisotopic (exact) mass is 326 g/mol. The van der Waals surface area contributed by atoms with E-state index in [1.165, 1.54) is 0 Å². The molecule has 94 valence electrons. The summed E-state index contributed by atoms with van der Waals surface area (Å²) in [5.41, 5.74) is 1.45. The van der Waals surface area contributed by atoms with Crippen LogP contribution in [-0.4, -0.2) is 12.2 Å². The molecular formula is C14H12BrClO2. The molecule has 18 heavy (non-hydrogen) atoms. The van der Waals surface area contributed by atoms with E-state index < -0.39 is 6.10 Å². The maximum Gasteiger partial charge on any atom is 0.125 e. The zero-order valence-electron chi connectivity index (χ0n) is 9.73. The topological polar surface area (TPSA) is 29.5 Å². The Morgan fingerprint density at radius 1 is 1.17 bits per heavy atom. The number of halogens is 2. The Bertz CT molecular complexity index is 540. The minimum absolute atomic E-state index is 0.571. The van der Waals surface area contributed by atoms with E-state index in [-0.39, 0.29) is 0 Å². The standard InChI is InChI=1S/C14H12BrClO2/c1-18-13-7-6-11(16)8-12(13)14(17)9-2-4-10(15)5-3-9/h2-8,14,17H,1H3/t14-/m1/s1. The molecule has 4 heteroatoms. The van der Waals surface area contributed by atoms with Crippen molar-refractivity contribution < 1.29 is 9.84 Å². The van der Waals surface area contributed by atoms with Gasteiger partial charge in [0.25, 0.3) is 0 Å². The molecule has 2 aromatic carbocycles. The zero-order chi connectivity index (χ0) is 13.1. The highest BCUT2D eigenvalue weighted by atomic mass is 79.9. The molecule has 0 saturated heterocycles. The molecule has 2 nitrogen and oxygen atoms in total. The Labute approximate surface area is 119 Å². The summed E-state index contributed by atoms with van der Waals surface area (Å²) in [4.78, 5) is 0. The fraction of sp³-hybridized carbons (Fsp3) is 0.143. The Morgan fingerprint density at radius 2 is 1.83 bits per heavy atom. The van der Waals surface area contributed by atoms with Crippen LogP contribution >= 0.6 is 27.5 Å². The number of ether oxygens (including phenoxy) is 1. The first-order valence-corrected chi connectivity index (χ1v) is 6.56. The van der Waals surface area contributed by atoms with Crippen molar-refractivity contribution in [2.24, 2.45) is 0 Å². The number of aliphatic hydroxyl groups excluding tert-OH is 1. The third kappa shape index (κ3) is 2.86. The van der Waals surface area contributed by atoms with E-state index in [1.54, 1.807) is 25.3 Å². The second-order valence-electron chi connectivity index (χ2n) is 3.84. The predicted octanol–water partition coefficient (Wildman–Crippen LogP) is 4.19. The van der Waals surface area contributed by atoms with Gasteiger partial charge in [-0.2, -0.15) is 0 Å². The molecule has 0 aliphatic heterocycles. The first-order chi connectivity index (χ1) is 8.61. The predicted molar refractivity (Wildman–Crippen MR) is 76.2 cm³/mol. The van der Waals surface area contributed by atoms with Crippen LogP contribution in [-0.2, 0) is 0 Å². The van der Waals surface area contributed by atoms with Crippen LogP contribution in [0.4, 0.5) is 0 Å². The average molecular weight is 328 g/mol. The SMILES string of the molecule is COc1ccc(Cl)cc1[C@H](O)c1ccc(Br)cc1. The Hall–Kier alpha value is -1.03. The highest BCUT2D eigenvalue weighted by molar-refractivity contribution is 9.10. The largest absolute Gasteiger partial charge is 0.496 e. The van der Waals surface area contributed by atoms with Gasteiger partial charge < -0.3 is 9.84 Å². The van der Waals surface area contributed by atoms with Crippen molar-refractivity contribution >= 4 is 27.5 Å². The minimum Gasteiger partial charge on any atom is -0.496 e. The Kier molecular flexibility index (Phi) is 4.27. The quantitative estimate of drug-likeness (QED) is 0.916. The van der Waals surface area contributed by atoms with Gasteiger partial charge in [0, 0.05) is 15.1 Å². The van der Waals surface area contributed by atoms with Gasteiger partial charge in [0.15, 0.2) is 0 Å². The van der Waals surface area contributed by atoms with E-state index >= 15 is 0 Å². The first kappa shape index (κ1) is 13.4. The van der Waals surface area contributed by atoms with Gasteiger partial charge in [-0.15, -0.1) is 0 Å². The maximum absolute atomic E-state index is 10.4. The summed E-state index contributed by atoms with van der Waals surface area (Å²) in [7, 11) is 1.57. The average Bonchev–Trinajstić information content (AvgIpc) is 2.39. The molecule has 0 aliphatic rings. The summed E-state index contributed by atoms with van der Waals surface area (Å²) in [5.74, 6) is 0.620. The molecule has 0 saturated carbocycles. The van der Waals surface area contributed by atoms with E-state index in [1.807, 2.05) is 24.3 Å². The lowest BCUT2D eigenvalue weighted by Crippen LogP contribution is -2.02. The molecule has 0 amide bonds. The molecule has 1 atom stereocenters. The van der Waals surface area contributed by atoms with Crippen molar-refractivity contribution in [3.63, 3.8) is 0 Å². The molecule has 2 rings (SSSR count). The molecule has 0 bridgehead atoms. The van der Waals surface area contributed by atoms with Crippen LogP contribution in [0.2, 0.25) is 5.02 Å². The molecule has 0 aromatic heterocycles. The van der Waals surface area contributed by atoms with Gasteiger partial charge in [-0.05, 0) is 35.9 Å². The Balaban J connectivity index is 2.41. The molecular weight excluding hydrogens is 316 g/mol. The Morgan fingerprint density at radius 3 is 2.44 bits per heavy atom. The van der Waals surface area contributed by atoms with E-state index in [0.717, 1.165) is 10.0 Å². The molecule has 0 heterocycles. The molecule has 0 spiro atoms. The van der Waals surface area contributed by atoms with Gasteiger partial charge in [0.2, 0.25) is 0 Å². The third-order valence-corrected chi connectivity index (χ3v) is 3.44. The maximum atomic E-state index is 10.4. The van der Waals surface area contributed by atoms with Crippen molar-refractivity contribution in [1.29, 1.82) is 0 Å². The molecule has 0 radical (unpaired) electrons. The van der Waals surface area contributed by atoms with Crippen LogP contribution in [0.15, 0.2) is 46.9 Å². The van der Waals surface area contributed by atoms with Gasteiger partial charge in [-0.3, -0.25) is 0 Å². The van der Waals surface area contributed by atoms with E-state index in [4.69, 9.17) is 16.3 Å². The minimum atomic E-state index is -0.758. The van der Waals surface area contributed by atoms with Crippen LogP contribution in [0.5, 0.6) is 5.75 Å². The number of aliphatic hydroxyl groups is 1. The summed E-state index contributed by atoms with van der Waals surface area (Å²) in [5, 5.41) is 10.9. The van der Waals surface area contributed by atoms with Gasteiger partial charge in [0.1, 0.15) is 11.9 Å². The van der Waals surface area contributed by atoms with E-state index in [2.05, 4.69) is 15.9 Å². The summed E-state index contributed by atoms with van der Waals surface area (Å²) >= 11 is 9.32. The summed E-state index contributed by atoms with van der Waals surface area (Å²) in [6.07, 6.45) is -0.758. The van der Waals surface area contributed by atoms with Crippen molar-refractivity contribution in [2.75, 3.05) is 7.11 Å². The van der Waals surface area contributed by atoms with E-state index in [0.29, 0.717) is 16.3 Å². The number of hydrogen-bond donors (Lipinski definition) is 1. The van der Waals surface area contributed by atoms with E-state index in [9.17, 15) is 5.11 Å². The zero-order valence-corrected chi connectivity index (χ0v) is 12.1. The second kappa shape index (κ2) is 5.74. The van der Waals surface area contributed by atoms with Gasteiger partial charge >= 0.3 is 0 Å². The molecule has 1 N–H and O–H groups in total. The molecule has 0 aliphatic carbocycles. The molecule has 0 fully saturated rings. The van der Waals surface area contributed by atoms with Gasteiger partial charge in [-0.1, -0.05) is 39.7 Å². The van der Waals surface area contributed by atoms with Crippen LogP contribution in [0.25, 0.3) is 0 Å². The molecule has 2 aromatic rings. The smallest absolute Gasteiger partial charge is 0.125 e. The normalized spacial score (nSPS) is 12.2. The summed E-state index contributed by atoms with van der Waals surface area (Å²) in [6.45, 7) is 0.